The predicted octanol–water partition coefficient (Wildman–Crippen LogP) is 6.43. The summed E-state index contributed by atoms with van der Waals surface area (Å²) in [6.07, 6.45) is -3.07. The molecular formula is C34H34F3N7O3. The van der Waals surface area contributed by atoms with Gasteiger partial charge in [0.05, 0.1) is 11.8 Å². The van der Waals surface area contributed by atoms with Crippen LogP contribution in [0.1, 0.15) is 35.3 Å². The Hall–Kier alpha value is -5.30. The van der Waals surface area contributed by atoms with Gasteiger partial charge in [-0.3, -0.25) is 14.2 Å². The maximum absolute atomic E-state index is 13.5. The lowest BCUT2D eigenvalue weighted by molar-refractivity contribution is -0.137. The summed E-state index contributed by atoms with van der Waals surface area (Å²) >= 11 is 0. The molecule has 0 radical (unpaired) electrons. The smallest absolute Gasteiger partial charge is 0.416 e. The number of carbonyl (C=O) groups is 1. The molecule has 2 aromatic heterocycles. The number of amides is 1. The van der Waals surface area contributed by atoms with Gasteiger partial charge in [0, 0.05) is 36.1 Å². The van der Waals surface area contributed by atoms with E-state index in [4.69, 9.17) is 4.74 Å². The van der Waals surface area contributed by atoms with Crippen LogP contribution in [0, 0.1) is 6.92 Å². The van der Waals surface area contributed by atoms with Crippen LogP contribution in [0.4, 0.5) is 30.5 Å². The summed E-state index contributed by atoms with van der Waals surface area (Å²) in [7, 11) is 1.57. The molecule has 1 amide bonds. The first-order chi connectivity index (χ1) is 22.5. The molecule has 0 aliphatic rings. The minimum absolute atomic E-state index is 0.105. The van der Waals surface area contributed by atoms with Crippen molar-refractivity contribution < 1.29 is 22.7 Å². The molecule has 0 bridgehead atoms. The number of aromatic nitrogens is 4. The number of alkyl halides is 3. The van der Waals surface area contributed by atoms with Crippen molar-refractivity contribution in [3.05, 3.63) is 100.0 Å². The minimum atomic E-state index is -4.58. The van der Waals surface area contributed by atoms with Crippen LogP contribution >= 0.6 is 0 Å². The third-order valence-corrected chi connectivity index (χ3v) is 7.69. The number of ether oxygens (including phenoxy) is 1. The molecule has 13 heteroatoms. The van der Waals surface area contributed by atoms with E-state index in [0.29, 0.717) is 28.9 Å². The van der Waals surface area contributed by atoms with E-state index >= 15 is 0 Å². The SMILES string of the molecule is CCN(CC)CCOc1ccc(Nc2ncc3nc(-c4cc(NC(=O)c5cccc(C(F)(F)F)c5)ccc4C)c(=O)n(C)c3n2)cc1. The number of hydrogen-bond donors (Lipinski definition) is 2. The van der Waals surface area contributed by atoms with E-state index in [-0.39, 0.29) is 22.9 Å². The van der Waals surface area contributed by atoms with Crippen LogP contribution in [0.3, 0.4) is 0 Å². The van der Waals surface area contributed by atoms with Crippen LogP contribution in [-0.4, -0.2) is 56.6 Å². The zero-order valence-corrected chi connectivity index (χ0v) is 26.4. The monoisotopic (exact) mass is 645 g/mol. The second kappa shape index (κ2) is 14.0. The quantitative estimate of drug-likeness (QED) is 0.169. The van der Waals surface area contributed by atoms with Gasteiger partial charge in [-0.05, 0) is 80.2 Å². The Morgan fingerprint density at radius 1 is 0.979 bits per heavy atom. The number of fused-ring (bicyclic) bond motifs is 1. The van der Waals surface area contributed by atoms with Crippen molar-refractivity contribution >= 4 is 34.4 Å². The number of halogens is 3. The van der Waals surface area contributed by atoms with Gasteiger partial charge in [-0.2, -0.15) is 18.2 Å². The normalized spacial score (nSPS) is 11.6. The van der Waals surface area contributed by atoms with Gasteiger partial charge in [0.25, 0.3) is 11.5 Å². The van der Waals surface area contributed by atoms with E-state index in [1.807, 2.05) is 24.3 Å². The Balaban J connectivity index is 1.34. The maximum atomic E-state index is 13.5. The summed E-state index contributed by atoms with van der Waals surface area (Å²) in [4.78, 5) is 42.0. The topological polar surface area (TPSA) is 114 Å². The molecule has 3 aromatic carbocycles. The summed E-state index contributed by atoms with van der Waals surface area (Å²) in [5.74, 6) is 0.291. The molecular weight excluding hydrogens is 611 g/mol. The van der Waals surface area contributed by atoms with Crippen LogP contribution < -0.4 is 20.9 Å². The molecule has 5 aromatic rings. The molecule has 0 saturated heterocycles. The van der Waals surface area contributed by atoms with Gasteiger partial charge >= 0.3 is 6.18 Å². The Kier molecular flexibility index (Phi) is 9.85. The highest BCUT2D eigenvalue weighted by molar-refractivity contribution is 6.04. The molecule has 5 rings (SSSR count). The lowest BCUT2D eigenvalue weighted by atomic mass is 10.0. The molecule has 0 saturated carbocycles. The van der Waals surface area contributed by atoms with E-state index in [0.717, 1.165) is 43.2 Å². The number of benzene rings is 3. The fourth-order valence-electron chi connectivity index (χ4n) is 4.94. The van der Waals surface area contributed by atoms with Crippen molar-refractivity contribution in [1.82, 2.24) is 24.4 Å². The molecule has 0 aliphatic carbocycles. The second-order valence-corrected chi connectivity index (χ2v) is 10.8. The highest BCUT2D eigenvalue weighted by Crippen LogP contribution is 2.30. The molecule has 244 valence electrons. The van der Waals surface area contributed by atoms with Gasteiger partial charge in [-0.25, -0.2) is 9.97 Å². The number of nitrogens with zero attached hydrogens (tertiary/aromatic N) is 5. The molecule has 0 atom stereocenters. The second-order valence-electron chi connectivity index (χ2n) is 10.8. The highest BCUT2D eigenvalue weighted by Gasteiger charge is 2.31. The van der Waals surface area contributed by atoms with Gasteiger partial charge in [-0.15, -0.1) is 0 Å². The first-order valence-electron chi connectivity index (χ1n) is 15.0. The zero-order chi connectivity index (χ0) is 33.7. The summed E-state index contributed by atoms with van der Waals surface area (Å²) in [6.45, 7) is 9.39. The number of rotatable bonds is 11. The van der Waals surface area contributed by atoms with Crippen molar-refractivity contribution in [2.75, 3.05) is 36.9 Å². The van der Waals surface area contributed by atoms with Crippen LogP contribution in [-0.2, 0) is 13.2 Å². The van der Waals surface area contributed by atoms with Gasteiger partial charge < -0.3 is 20.3 Å². The van der Waals surface area contributed by atoms with Crippen LogP contribution in [0.5, 0.6) is 5.75 Å². The lowest BCUT2D eigenvalue weighted by Gasteiger charge is -2.18. The Morgan fingerprint density at radius 3 is 2.40 bits per heavy atom. The molecule has 0 spiro atoms. The molecule has 0 aliphatic heterocycles. The van der Waals surface area contributed by atoms with Gasteiger partial charge in [0.2, 0.25) is 5.95 Å². The molecule has 2 heterocycles. The minimum Gasteiger partial charge on any atom is -0.492 e. The number of likely N-dealkylation sites (N-methyl/N-ethyl adjacent to an activating group) is 1. The molecule has 2 N–H and O–H groups in total. The maximum Gasteiger partial charge on any atom is 0.416 e. The van der Waals surface area contributed by atoms with Gasteiger partial charge in [0.1, 0.15) is 23.6 Å². The third kappa shape index (κ3) is 7.75. The first kappa shape index (κ1) is 33.1. The fourth-order valence-corrected chi connectivity index (χ4v) is 4.94. The van der Waals surface area contributed by atoms with E-state index in [1.165, 1.54) is 22.9 Å². The average Bonchev–Trinajstić information content (AvgIpc) is 3.06. The molecule has 0 fully saturated rings. The Labute approximate surface area is 269 Å². The summed E-state index contributed by atoms with van der Waals surface area (Å²) in [5, 5.41) is 5.75. The molecule has 47 heavy (non-hydrogen) atoms. The van der Waals surface area contributed by atoms with E-state index < -0.39 is 23.2 Å². The zero-order valence-electron chi connectivity index (χ0n) is 26.4. The van der Waals surface area contributed by atoms with Crippen LogP contribution in [0.15, 0.2) is 77.7 Å². The van der Waals surface area contributed by atoms with Crippen molar-refractivity contribution in [3.63, 3.8) is 0 Å². The van der Waals surface area contributed by atoms with Crippen LogP contribution in [0.2, 0.25) is 0 Å². The fraction of sp³-hybridized carbons (Fsp3) is 0.265. The van der Waals surface area contributed by atoms with Crippen LogP contribution in [0.25, 0.3) is 22.4 Å². The predicted molar refractivity (Wildman–Crippen MR) is 175 cm³/mol. The third-order valence-electron chi connectivity index (χ3n) is 7.69. The number of carbonyl (C=O) groups excluding carboxylic acids is 1. The highest BCUT2D eigenvalue weighted by atomic mass is 19.4. The summed E-state index contributed by atoms with van der Waals surface area (Å²) in [5.41, 5.74) is 1.42. The molecule has 0 unspecified atom stereocenters. The van der Waals surface area contributed by atoms with E-state index in [1.54, 1.807) is 32.2 Å². The van der Waals surface area contributed by atoms with E-state index in [2.05, 4.69) is 44.3 Å². The summed E-state index contributed by atoms with van der Waals surface area (Å²) < 4.78 is 46.6. The number of anilines is 3. The van der Waals surface area contributed by atoms with E-state index in [9.17, 15) is 22.8 Å². The molecule has 10 nitrogen and oxygen atoms in total. The van der Waals surface area contributed by atoms with Crippen molar-refractivity contribution in [1.29, 1.82) is 0 Å². The van der Waals surface area contributed by atoms with Crippen molar-refractivity contribution in [2.24, 2.45) is 7.05 Å². The number of aryl methyl sites for hydroxylation is 2. The average molecular weight is 646 g/mol. The van der Waals surface area contributed by atoms with Crippen molar-refractivity contribution in [3.8, 4) is 17.0 Å². The first-order valence-corrected chi connectivity index (χ1v) is 15.0. The Bertz CT molecular complexity index is 1960. The van der Waals surface area contributed by atoms with Crippen molar-refractivity contribution in [2.45, 2.75) is 26.9 Å². The van der Waals surface area contributed by atoms with Gasteiger partial charge in [0.15, 0.2) is 5.65 Å². The van der Waals surface area contributed by atoms with Gasteiger partial charge in [-0.1, -0.05) is 26.0 Å². The summed E-state index contributed by atoms with van der Waals surface area (Å²) in [6, 6.07) is 16.4. The number of nitrogens with one attached hydrogen (secondary N) is 2. The largest absolute Gasteiger partial charge is 0.492 e. The lowest BCUT2D eigenvalue weighted by Crippen LogP contribution is -2.27. The Morgan fingerprint density at radius 2 is 1.70 bits per heavy atom. The standard InChI is InChI=1S/C34H34F3N7O3/c1-5-44(6-2)16-17-47-26-14-12-24(13-15-26)40-33-38-20-28-30(42-33)43(4)32(46)29(41-28)27-19-25(11-10-21(27)3)39-31(45)22-8-7-9-23(18-22)34(35,36)37/h7-15,18-20H,5-6,16-17H2,1-4H3,(H,39,45)(H,38,40,42). The number of hydrogen-bond acceptors (Lipinski definition) is 8.